The van der Waals surface area contributed by atoms with Crippen LogP contribution in [0.3, 0.4) is 0 Å². The van der Waals surface area contributed by atoms with E-state index in [9.17, 15) is 18.0 Å². The zero-order valence-electron chi connectivity index (χ0n) is 12.7. The molecule has 0 radical (unpaired) electrons. The molecule has 0 fully saturated rings. The third-order valence-corrected chi connectivity index (χ3v) is 3.06. The van der Waals surface area contributed by atoms with Gasteiger partial charge in [-0.3, -0.25) is 4.79 Å². The summed E-state index contributed by atoms with van der Waals surface area (Å²) in [6.45, 7) is 8.00. The highest BCUT2D eigenvalue weighted by atomic mass is 19.4. The summed E-state index contributed by atoms with van der Waals surface area (Å²) < 4.78 is 38.3. The Morgan fingerprint density at radius 3 is 2.24 bits per heavy atom. The normalized spacial score (nSPS) is 12.0. The molecule has 0 aliphatic carbocycles. The third kappa shape index (κ3) is 4.37. The number of alkyl halides is 3. The van der Waals surface area contributed by atoms with Gasteiger partial charge >= 0.3 is 6.18 Å². The molecule has 0 atom stereocenters. The average Bonchev–Trinajstić information content (AvgIpc) is 2.33. The largest absolute Gasteiger partial charge is 0.416 e. The Morgan fingerprint density at radius 2 is 1.81 bits per heavy atom. The summed E-state index contributed by atoms with van der Waals surface area (Å²) in [5.74, 6) is -0.259. The molecule has 0 spiro atoms. The van der Waals surface area contributed by atoms with Gasteiger partial charge in [-0.1, -0.05) is 13.8 Å². The lowest BCUT2D eigenvalue weighted by Gasteiger charge is -2.29. The summed E-state index contributed by atoms with van der Waals surface area (Å²) >= 11 is 0. The van der Waals surface area contributed by atoms with Gasteiger partial charge in [-0.2, -0.15) is 13.2 Å². The zero-order valence-corrected chi connectivity index (χ0v) is 12.7. The molecule has 6 heteroatoms. The number of nitrogen functional groups attached to an aromatic ring is 1. The van der Waals surface area contributed by atoms with E-state index in [1.807, 2.05) is 27.7 Å². The number of nitrogens with two attached hydrogens (primary N) is 1. The van der Waals surface area contributed by atoms with Gasteiger partial charge in [0.2, 0.25) is 0 Å². The molecule has 2 N–H and O–H groups in total. The van der Waals surface area contributed by atoms with Gasteiger partial charge in [0.25, 0.3) is 5.91 Å². The van der Waals surface area contributed by atoms with Crippen molar-refractivity contribution in [1.82, 2.24) is 4.90 Å². The van der Waals surface area contributed by atoms with Crippen LogP contribution in [0.5, 0.6) is 0 Å². The Morgan fingerprint density at radius 1 is 1.24 bits per heavy atom. The van der Waals surface area contributed by atoms with Crippen LogP contribution in [0.2, 0.25) is 0 Å². The van der Waals surface area contributed by atoms with Crippen molar-refractivity contribution in [3.63, 3.8) is 0 Å². The summed E-state index contributed by atoms with van der Waals surface area (Å²) in [7, 11) is 0. The molecular formula is C15H21F3N2O. The fourth-order valence-electron chi connectivity index (χ4n) is 1.99. The van der Waals surface area contributed by atoms with E-state index in [1.54, 1.807) is 0 Å². The van der Waals surface area contributed by atoms with Crippen molar-refractivity contribution in [2.45, 2.75) is 39.9 Å². The average molecular weight is 302 g/mol. The van der Waals surface area contributed by atoms with E-state index in [4.69, 9.17) is 5.73 Å². The van der Waals surface area contributed by atoms with Gasteiger partial charge in [0, 0.05) is 18.3 Å². The minimum atomic E-state index is -4.50. The maximum absolute atomic E-state index is 12.8. The number of benzene rings is 1. The number of carbonyl (C=O) groups excluding carboxylic acids is 1. The number of rotatable bonds is 4. The van der Waals surface area contributed by atoms with Gasteiger partial charge in [0.15, 0.2) is 0 Å². The molecule has 0 heterocycles. The minimum absolute atomic E-state index is 0.0578. The Labute approximate surface area is 122 Å². The molecule has 1 aromatic carbocycles. The first-order chi connectivity index (χ1) is 9.54. The molecule has 3 nitrogen and oxygen atoms in total. The molecule has 118 valence electrons. The van der Waals surface area contributed by atoms with Crippen LogP contribution in [0.4, 0.5) is 18.9 Å². The Kier molecular flexibility index (Phi) is 5.25. The number of hydrogen-bond donors (Lipinski definition) is 1. The number of anilines is 1. The highest BCUT2D eigenvalue weighted by Crippen LogP contribution is 2.31. The number of nitrogens with zero attached hydrogens (tertiary/aromatic N) is 1. The van der Waals surface area contributed by atoms with Gasteiger partial charge in [-0.05, 0) is 38.0 Å². The lowest BCUT2D eigenvalue weighted by atomic mass is 10.1. The predicted octanol–water partition coefficient (Wildman–Crippen LogP) is 3.79. The first-order valence-corrected chi connectivity index (χ1v) is 6.81. The summed E-state index contributed by atoms with van der Waals surface area (Å²) in [4.78, 5) is 14.0. The van der Waals surface area contributed by atoms with E-state index in [2.05, 4.69) is 0 Å². The smallest absolute Gasteiger partial charge is 0.398 e. The van der Waals surface area contributed by atoms with E-state index >= 15 is 0 Å². The van der Waals surface area contributed by atoms with Crippen molar-refractivity contribution in [2.24, 2.45) is 5.92 Å². The summed E-state index contributed by atoms with van der Waals surface area (Å²) in [5, 5.41) is 0. The van der Waals surface area contributed by atoms with Gasteiger partial charge in [0.05, 0.1) is 11.1 Å². The van der Waals surface area contributed by atoms with Gasteiger partial charge < -0.3 is 10.6 Å². The van der Waals surface area contributed by atoms with Crippen LogP contribution in [0.15, 0.2) is 18.2 Å². The monoisotopic (exact) mass is 302 g/mol. The maximum atomic E-state index is 12.8. The molecule has 21 heavy (non-hydrogen) atoms. The van der Waals surface area contributed by atoms with Crippen LogP contribution in [-0.2, 0) is 6.18 Å². The predicted molar refractivity (Wildman–Crippen MR) is 76.9 cm³/mol. The Hall–Kier alpha value is -1.72. The van der Waals surface area contributed by atoms with Crippen LogP contribution >= 0.6 is 0 Å². The zero-order chi connectivity index (χ0) is 16.4. The molecule has 0 bridgehead atoms. The quantitative estimate of drug-likeness (QED) is 0.860. The van der Waals surface area contributed by atoms with Crippen molar-refractivity contribution >= 4 is 11.6 Å². The topological polar surface area (TPSA) is 46.3 Å². The van der Waals surface area contributed by atoms with Crippen molar-refractivity contribution in [3.05, 3.63) is 29.3 Å². The van der Waals surface area contributed by atoms with E-state index in [-0.39, 0.29) is 23.2 Å². The van der Waals surface area contributed by atoms with E-state index < -0.39 is 17.6 Å². The van der Waals surface area contributed by atoms with Crippen LogP contribution < -0.4 is 5.73 Å². The standard InChI is InChI=1S/C15H21F3N2O/c1-9(2)8-20(10(3)4)14(21)12-7-11(15(16,17)18)5-6-13(12)19/h5-7,9-10H,8,19H2,1-4H3. The molecule has 1 rings (SSSR count). The summed E-state index contributed by atoms with van der Waals surface area (Å²) in [6.07, 6.45) is -4.50. The van der Waals surface area contributed by atoms with Crippen molar-refractivity contribution in [3.8, 4) is 0 Å². The van der Waals surface area contributed by atoms with E-state index in [0.717, 1.165) is 18.2 Å². The molecule has 1 aromatic rings. The van der Waals surface area contributed by atoms with Gasteiger partial charge in [-0.15, -0.1) is 0 Å². The lowest BCUT2D eigenvalue weighted by molar-refractivity contribution is -0.137. The fraction of sp³-hybridized carbons (Fsp3) is 0.533. The van der Waals surface area contributed by atoms with Crippen LogP contribution in [0, 0.1) is 5.92 Å². The molecule has 0 aliphatic heterocycles. The number of hydrogen-bond acceptors (Lipinski definition) is 2. The Bertz CT molecular complexity index is 510. The molecule has 0 saturated carbocycles. The number of carbonyl (C=O) groups is 1. The van der Waals surface area contributed by atoms with E-state index in [0.29, 0.717) is 6.54 Å². The molecule has 0 aromatic heterocycles. The highest BCUT2D eigenvalue weighted by molar-refractivity contribution is 5.99. The fourth-order valence-corrected chi connectivity index (χ4v) is 1.99. The summed E-state index contributed by atoms with van der Waals surface area (Å²) in [6, 6.07) is 2.72. The minimum Gasteiger partial charge on any atom is -0.398 e. The number of amides is 1. The molecule has 0 unspecified atom stereocenters. The van der Waals surface area contributed by atoms with Crippen molar-refractivity contribution in [1.29, 1.82) is 0 Å². The molecule has 0 aliphatic rings. The SMILES string of the molecule is CC(C)CN(C(=O)c1cc(C(F)(F)F)ccc1N)C(C)C. The van der Waals surface area contributed by atoms with E-state index in [1.165, 1.54) is 4.90 Å². The van der Waals surface area contributed by atoms with Crippen LogP contribution in [-0.4, -0.2) is 23.4 Å². The lowest BCUT2D eigenvalue weighted by Crippen LogP contribution is -2.39. The van der Waals surface area contributed by atoms with Crippen LogP contribution in [0.1, 0.15) is 43.6 Å². The maximum Gasteiger partial charge on any atom is 0.416 e. The summed E-state index contributed by atoms with van der Waals surface area (Å²) in [5.41, 5.74) is 4.78. The first kappa shape index (κ1) is 17.3. The number of halogens is 3. The second-order valence-corrected chi connectivity index (χ2v) is 5.74. The first-order valence-electron chi connectivity index (χ1n) is 6.81. The van der Waals surface area contributed by atoms with Crippen molar-refractivity contribution in [2.75, 3.05) is 12.3 Å². The molecule has 0 saturated heterocycles. The second-order valence-electron chi connectivity index (χ2n) is 5.74. The Balaban J connectivity index is 3.21. The van der Waals surface area contributed by atoms with Gasteiger partial charge in [0.1, 0.15) is 0 Å². The van der Waals surface area contributed by atoms with Gasteiger partial charge in [-0.25, -0.2) is 0 Å². The van der Waals surface area contributed by atoms with Crippen molar-refractivity contribution < 1.29 is 18.0 Å². The highest BCUT2D eigenvalue weighted by Gasteiger charge is 2.32. The molecule has 1 amide bonds. The second kappa shape index (κ2) is 6.37. The van der Waals surface area contributed by atoms with Crippen LogP contribution in [0.25, 0.3) is 0 Å². The third-order valence-electron chi connectivity index (χ3n) is 3.06. The molecular weight excluding hydrogens is 281 g/mol.